The highest BCUT2D eigenvalue weighted by atomic mass is 16.4. The third-order valence-corrected chi connectivity index (χ3v) is 3.93. The summed E-state index contributed by atoms with van der Waals surface area (Å²) in [5.74, 6) is -1.06. The average molecular weight is 291 g/mol. The number of urea groups is 1. The van der Waals surface area contributed by atoms with Crippen molar-refractivity contribution in [1.82, 2.24) is 9.88 Å². The van der Waals surface area contributed by atoms with Crippen LogP contribution in [0.2, 0.25) is 0 Å². The molecule has 2 N–H and O–H groups in total. The van der Waals surface area contributed by atoms with Crippen LogP contribution in [0, 0.1) is 0 Å². The first-order valence-electron chi connectivity index (χ1n) is 7.30. The number of pyridine rings is 1. The monoisotopic (exact) mass is 291 g/mol. The van der Waals surface area contributed by atoms with Crippen LogP contribution < -0.4 is 5.32 Å². The molecule has 21 heavy (non-hydrogen) atoms. The molecule has 2 rings (SSSR count). The van der Waals surface area contributed by atoms with Gasteiger partial charge in [0.15, 0.2) is 0 Å². The number of aromatic carboxylic acids is 1. The van der Waals surface area contributed by atoms with Gasteiger partial charge < -0.3 is 15.3 Å². The maximum absolute atomic E-state index is 12.2. The fourth-order valence-electron chi connectivity index (χ4n) is 2.65. The van der Waals surface area contributed by atoms with Crippen LogP contribution in [0.4, 0.5) is 10.5 Å². The summed E-state index contributed by atoms with van der Waals surface area (Å²) < 4.78 is 0. The average Bonchev–Trinajstić information content (AvgIpc) is 2.75. The van der Waals surface area contributed by atoms with Crippen molar-refractivity contribution in [2.45, 2.75) is 44.6 Å². The SMILES string of the molecule is CN(C(=O)Nc1cncc(C(=O)O)c1)C1CCCCCC1. The first kappa shape index (κ1) is 15.3. The molecular weight excluding hydrogens is 270 g/mol. The van der Waals surface area contributed by atoms with E-state index in [1.807, 2.05) is 0 Å². The van der Waals surface area contributed by atoms with E-state index in [0.717, 1.165) is 25.7 Å². The molecule has 2 amide bonds. The van der Waals surface area contributed by atoms with Crippen LogP contribution in [0.15, 0.2) is 18.5 Å². The molecule has 1 aromatic rings. The Bertz CT molecular complexity index is 511. The minimum atomic E-state index is -1.06. The van der Waals surface area contributed by atoms with Gasteiger partial charge in [-0.05, 0) is 18.9 Å². The summed E-state index contributed by atoms with van der Waals surface area (Å²) >= 11 is 0. The van der Waals surface area contributed by atoms with Crippen molar-refractivity contribution in [1.29, 1.82) is 0 Å². The summed E-state index contributed by atoms with van der Waals surface area (Å²) in [6.07, 6.45) is 9.52. The molecule has 0 unspecified atom stereocenters. The number of nitrogens with one attached hydrogen (secondary N) is 1. The summed E-state index contributed by atoms with van der Waals surface area (Å²) in [5, 5.41) is 11.6. The number of carbonyl (C=O) groups is 2. The molecule has 6 nitrogen and oxygen atoms in total. The van der Waals surface area contributed by atoms with Gasteiger partial charge in [-0.1, -0.05) is 25.7 Å². The minimum absolute atomic E-state index is 0.0601. The van der Waals surface area contributed by atoms with E-state index in [1.54, 1.807) is 11.9 Å². The Morgan fingerprint density at radius 1 is 1.24 bits per heavy atom. The summed E-state index contributed by atoms with van der Waals surface area (Å²) in [5.41, 5.74) is 0.463. The Hall–Kier alpha value is -2.11. The fraction of sp³-hybridized carbons (Fsp3) is 0.533. The Balaban J connectivity index is 1.99. The van der Waals surface area contributed by atoms with Crippen molar-refractivity contribution < 1.29 is 14.7 Å². The van der Waals surface area contributed by atoms with E-state index >= 15 is 0 Å². The molecule has 114 valence electrons. The summed E-state index contributed by atoms with van der Waals surface area (Å²) in [6.45, 7) is 0. The zero-order valence-corrected chi connectivity index (χ0v) is 12.2. The van der Waals surface area contributed by atoms with Crippen molar-refractivity contribution in [3.05, 3.63) is 24.0 Å². The van der Waals surface area contributed by atoms with Crippen LogP contribution >= 0.6 is 0 Å². The lowest BCUT2D eigenvalue weighted by Gasteiger charge is -2.27. The van der Waals surface area contributed by atoms with Crippen LogP contribution in [0.1, 0.15) is 48.9 Å². The lowest BCUT2D eigenvalue weighted by molar-refractivity contribution is 0.0696. The summed E-state index contributed by atoms with van der Waals surface area (Å²) in [6, 6.07) is 1.45. The van der Waals surface area contributed by atoms with Gasteiger partial charge in [0.25, 0.3) is 0 Å². The van der Waals surface area contributed by atoms with Crippen molar-refractivity contribution in [2.24, 2.45) is 0 Å². The fourth-order valence-corrected chi connectivity index (χ4v) is 2.65. The summed E-state index contributed by atoms with van der Waals surface area (Å²) in [7, 11) is 1.79. The molecule has 0 bridgehead atoms. The first-order valence-corrected chi connectivity index (χ1v) is 7.30. The predicted molar refractivity (Wildman–Crippen MR) is 79.5 cm³/mol. The molecule has 1 heterocycles. The third kappa shape index (κ3) is 4.18. The van der Waals surface area contributed by atoms with Gasteiger partial charge in [0.05, 0.1) is 17.4 Å². The molecule has 1 aromatic heterocycles. The second kappa shape index (κ2) is 7.06. The van der Waals surface area contributed by atoms with Gasteiger partial charge in [-0.25, -0.2) is 9.59 Å². The number of anilines is 1. The molecule has 1 aliphatic rings. The number of nitrogens with zero attached hydrogens (tertiary/aromatic N) is 2. The number of amides is 2. The molecular formula is C15H21N3O3. The van der Waals surface area contributed by atoms with Crippen molar-refractivity contribution in [3.63, 3.8) is 0 Å². The van der Waals surface area contributed by atoms with E-state index in [0.29, 0.717) is 5.69 Å². The zero-order valence-electron chi connectivity index (χ0n) is 12.2. The van der Waals surface area contributed by atoms with E-state index in [4.69, 9.17) is 5.11 Å². The topological polar surface area (TPSA) is 82.5 Å². The van der Waals surface area contributed by atoms with Gasteiger partial charge in [0.2, 0.25) is 0 Å². The maximum atomic E-state index is 12.2. The number of rotatable bonds is 3. The Labute approximate surface area is 124 Å². The predicted octanol–water partition coefficient (Wildman–Crippen LogP) is 2.97. The Kier molecular flexibility index (Phi) is 5.14. The molecule has 0 aliphatic heterocycles. The Morgan fingerprint density at radius 2 is 1.90 bits per heavy atom. The van der Waals surface area contributed by atoms with Gasteiger partial charge in [0.1, 0.15) is 0 Å². The van der Waals surface area contributed by atoms with E-state index in [9.17, 15) is 9.59 Å². The van der Waals surface area contributed by atoms with Gasteiger partial charge >= 0.3 is 12.0 Å². The van der Waals surface area contributed by atoms with E-state index in [-0.39, 0.29) is 17.6 Å². The van der Waals surface area contributed by atoms with Crippen LogP contribution in [0.3, 0.4) is 0 Å². The molecule has 0 aromatic carbocycles. The molecule has 0 radical (unpaired) electrons. The van der Waals surface area contributed by atoms with Crippen molar-refractivity contribution in [2.75, 3.05) is 12.4 Å². The number of carbonyl (C=O) groups excluding carboxylic acids is 1. The lowest BCUT2D eigenvalue weighted by Crippen LogP contribution is -2.39. The normalized spacial score (nSPS) is 16.0. The van der Waals surface area contributed by atoms with Gasteiger partial charge in [0, 0.05) is 19.3 Å². The molecule has 1 saturated carbocycles. The van der Waals surface area contributed by atoms with Crippen molar-refractivity contribution >= 4 is 17.7 Å². The highest BCUT2D eigenvalue weighted by Crippen LogP contribution is 2.21. The number of carboxylic acids is 1. The second-order valence-electron chi connectivity index (χ2n) is 5.45. The summed E-state index contributed by atoms with van der Waals surface area (Å²) in [4.78, 5) is 28.7. The first-order chi connectivity index (χ1) is 10.1. The van der Waals surface area contributed by atoms with Crippen LogP contribution in [0.25, 0.3) is 0 Å². The molecule has 0 spiro atoms. The Morgan fingerprint density at radius 3 is 2.52 bits per heavy atom. The third-order valence-electron chi connectivity index (χ3n) is 3.93. The van der Waals surface area contributed by atoms with Crippen LogP contribution in [0.5, 0.6) is 0 Å². The maximum Gasteiger partial charge on any atom is 0.337 e. The molecule has 1 fully saturated rings. The second-order valence-corrected chi connectivity index (χ2v) is 5.45. The standard InChI is InChI=1S/C15H21N3O3/c1-18(13-6-4-2-3-5-7-13)15(21)17-12-8-11(14(19)20)9-16-10-12/h8-10,13H,2-7H2,1H3,(H,17,21)(H,19,20). The van der Waals surface area contributed by atoms with Crippen LogP contribution in [-0.4, -0.2) is 40.1 Å². The quantitative estimate of drug-likeness (QED) is 0.839. The highest BCUT2D eigenvalue weighted by molar-refractivity contribution is 5.92. The largest absolute Gasteiger partial charge is 0.478 e. The van der Waals surface area contributed by atoms with Gasteiger partial charge in [-0.15, -0.1) is 0 Å². The number of hydrogen-bond donors (Lipinski definition) is 2. The minimum Gasteiger partial charge on any atom is -0.478 e. The number of aromatic nitrogens is 1. The lowest BCUT2D eigenvalue weighted by atomic mass is 10.1. The van der Waals surface area contributed by atoms with E-state index < -0.39 is 5.97 Å². The molecule has 0 atom stereocenters. The number of carboxylic acid groups (broad SMARTS) is 1. The van der Waals surface area contributed by atoms with Crippen molar-refractivity contribution in [3.8, 4) is 0 Å². The smallest absolute Gasteiger partial charge is 0.337 e. The van der Waals surface area contributed by atoms with Gasteiger partial charge in [-0.3, -0.25) is 4.98 Å². The van der Waals surface area contributed by atoms with E-state index in [2.05, 4.69) is 10.3 Å². The molecule has 6 heteroatoms. The zero-order chi connectivity index (χ0) is 15.2. The molecule has 0 saturated heterocycles. The molecule has 1 aliphatic carbocycles. The van der Waals surface area contributed by atoms with Gasteiger partial charge in [-0.2, -0.15) is 0 Å². The number of hydrogen-bond acceptors (Lipinski definition) is 3. The van der Waals surface area contributed by atoms with Crippen LogP contribution in [-0.2, 0) is 0 Å². The highest BCUT2D eigenvalue weighted by Gasteiger charge is 2.21. The van der Waals surface area contributed by atoms with E-state index in [1.165, 1.54) is 31.3 Å².